The second kappa shape index (κ2) is 39.0. The summed E-state index contributed by atoms with van der Waals surface area (Å²) in [6, 6.07) is 0. The zero-order valence-corrected chi connectivity index (χ0v) is 34.9. The highest BCUT2D eigenvalue weighted by molar-refractivity contribution is 5.76. The van der Waals surface area contributed by atoms with Gasteiger partial charge in [-0.1, -0.05) is 141 Å². The molecule has 2 N–H and O–H groups in total. The van der Waals surface area contributed by atoms with Crippen molar-refractivity contribution < 1.29 is 9.59 Å². The molecule has 0 aromatic rings. The summed E-state index contributed by atoms with van der Waals surface area (Å²) in [4.78, 5) is 29.5. The van der Waals surface area contributed by atoms with Crippen molar-refractivity contribution in [1.82, 2.24) is 20.4 Å². The first-order chi connectivity index (χ1) is 25.7. The Bertz CT molecular complexity index is 768. The maximum atomic E-state index is 12.2. The number of rotatable bonds is 38. The first-order valence-electron chi connectivity index (χ1n) is 22.9. The second-order valence-electron chi connectivity index (χ2n) is 15.8. The number of hydrogen-bond donors (Lipinski definition) is 2. The van der Waals surface area contributed by atoms with E-state index in [4.69, 9.17) is 0 Å². The van der Waals surface area contributed by atoms with E-state index in [0.717, 1.165) is 78.0 Å². The van der Waals surface area contributed by atoms with Crippen LogP contribution in [0.2, 0.25) is 0 Å². The minimum absolute atomic E-state index is 0.224. The molecular formula is C46H88N4O2. The lowest BCUT2D eigenvalue weighted by Crippen LogP contribution is -2.47. The van der Waals surface area contributed by atoms with E-state index in [-0.39, 0.29) is 11.8 Å². The van der Waals surface area contributed by atoms with E-state index < -0.39 is 0 Å². The number of nitrogens with one attached hydrogen (secondary N) is 2. The molecule has 0 radical (unpaired) electrons. The Morgan fingerprint density at radius 3 is 1.02 bits per heavy atom. The van der Waals surface area contributed by atoms with Crippen molar-refractivity contribution in [1.29, 1.82) is 0 Å². The van der Waals surface area contributed by atoms with Crippen LogP contribution in [-0.4, -0.2) is 74.0 Å². The molecule has 52 heavy (non-hydrogen) atoms. The largest absolute Gasteiger partial charge is 0.356 e. The molecule has 0 aromatic heterocycles. The van der Waals surface area contributed by atoms with Gasteiger partial charge in [-0.25, -0.2) is 0 Å². The fourth-order valence-corrected chi connectivity index (χ4v) is 7.19. The van der Waals surface area contributed by atoms with Gasteiger partial charge in [-0.05, 0) is 90.1 Å². The van der Waals surface area contributed by atoms with E-state index in [1.807, 2.05) is 0 Å². The molecule has 2 amide bonds. The van der Waals surface area contributed by atoms with Gasteiger partial charge in [0.1, 0.15) is 0 Å². The van der Waals surface area contributed by atoms with Gasteiger partial charge in [0.05, 0.1) is 0 Å². The van der Waals surface area contributed by atoms with Crippen LogP contribution in [0.3, 0.4) is 0 Å². The number of hydrogen-bond acceptors (Lipinski definition) is 4. The van der Waals surface area contributed by atoms with Crippen LogP contribution >= 0.6 is 0 Å². The number of amides is 2. The second-order valence-corrected chi connectivity index (χ2v) is 15.8. The number of allylic oxidation sites excluding steroid dienone is 4. The first-order valence-corrected chi connectivity index (χ1v) is 22.9. The number of carbonyl (C=O) groups is 2. The van der Waals surface area contributed by atoms with Crippen molar-refractivity contribution in [3.63, 3.8) is 0 Å². The third-order valence-corrected chi connectivity index (χ3v) is 10.7. The average molecular weight is 729 g/mol. The Morgan fingerprint density at radius 2 is 0.692 bits per heavy atom. The molecule has 0 aromatic carbocycles. The predicted molar refractivity (Wildman–Crippen MR) is 227 cm³/mol. The Balaban J connectivity index is 1.83. The van der Waals surface area contributed by atoms with Crippen LogP contribution < -0.4 is 10.6 Å². The highest BCUT2D eigenvalue weighted by Crippen LogP contribution is 2.12. The fourth-order valence-electron chi connectivity index (χ4n) is 7.19. The summed E-state index contributed by atoms with van der Waals surface area (Å²) in [6.07, 6.45) is 46.4. The molecule has 1 saturated heterocycles. The Morgan fingerprint density at radius 1 is 0.404 bits per heavy atom. The molecule has 1 heterocycles. The number of unbranched alkanes of at least 4 members (excludes halogenated alkanes) is 22. The molecule has 1 aliphatic rings. The van der Waals surface area contributed by atoms with Crippen molar-refractivity contribution in [2.75, 3.05) is 52.4 Å². The molecule has 6 nitrogen and oxygen atoms in total. The first kappa shape index (κ1) is 48.4. The summed E-state index contributed by atoms with van der Waals surface area (Å²) >= 11 is 0. The van der Waals surface area contributed by atoms with Crippen LogP contribution in [0.25, 0.3) is 0 Å². The lowest BCUT2D eigenvalue weighted by molar-refractivity contribution is -0.122. The molecule has 0 aliphatic carbocycles. The van der Waals surface area contributed by atoms with Gasteiger partial charge in [0.25, 0.3) is 0 Å². The smallest absolute Gasteiger partial charge is 0.219 e. The van der Waals surface area contributed by atoms with Crippen molar-refractivity contribution in [3.05, 3.63) is 24.3 Å². The summed E-state index contributed by atoms with van der Waals surface area (Å²) in [7, 11) is 0. The summed E-state index contributed by atoms with van der Waals surface area (Å²) < 4.78 is 0. The predicted octanol–water partition coefficient (Wildman–Crippen LogP) is 11.7. The Kier molecular flexibility index (Phi) is 36.3. The molecule has 0 atom stereocenters. The van der Waals surface area contributed by atoms with Crippen molar-refractivity contribution in [3.8, 4) is 0 Å². The van der Waals surface area contributed by atoms with Gasteiger partial charge in [-0.2, -0.15) is 0 Å². The Labute approximate surface area is 324 Å². The van der Waals surface area contributed by atoms with Gasteiger partial charge in [0, 0.05) is 52.1 Å². The highest BCUT2D eigenvalue weighted by atomic mass is 16.2. The van der Waals surface area contributed by atoms with Crippen molar-refractivity contribution in [2.45, 2.75) is 206 Å². The molecule has 0 bridgehead atoms. The van der Waals surface area contributed by atoms with Crippen LogP contribution in [0.5, 0.6) is 0 Å². The molecule has 0 saturated carbocycles. The molecule has 1 aliphatic heterocycles. The quantitative estimate of drug-likeness (QED) is 0.0491. The normalized spacial score (nSPS) is 14.2. The minimum atomic E-state index is 0.224. The zero-order chi connectivity index (χ0) is 37.4. The van der Waals surface area contributed by atoms with Gasteiger partial charge in [0.2, 0.25) is 11.8 Å². The molecule has 6 heteroatoms. The lowest BCUT2D eigenvalue weighted by Gasteiger charge is -2.34. The van der Waals surface area contributed by atoms with E-state index >= 15 is 0 Å². The fraction of sp³-hybridized carbons (Fsp3) is 0.870. The van der Waals surface area contributed by atoms with Gasteiger partial charge in [-0.3, -0.25) is 9.59 Å². The summed E-state index contributed by atoms with van der Waals surface area (Å²) in [5.41, 5.74) is 0. The van der Waals surface area contributed by atoms with Gasteiger partial charge in [-0.15, -0.1) is 0 Å². The molecular weight excluding hydrogens is 641 g/mol. The van der Waals surface area contributed by atoms with Crippen LogP contribution in [0.4, 0.5) is 0 Å². The molecule has 304 valence electrons. The zero-order valence-electron chi connectivity index (χ0n) is 34.9. The van der Waals surface area contributed by atoms with E-state index in [1.165, 1.54) is 154 Å². The molecule has 1 rings (SSSR count). The van der Waals surface area contributed by atoms with Crippen LogP contribution in [-0.2, 0) is 9.59 Å². The van der Waals surface area contributed by atoms with Crippen LogP contribution in [0.1, 0.15) is 206 Å². The van der Waals surface area contributed by atoms with Gasteiger partial charge in [0.15, 0.2) is 0 Å². The maximum Gasteiger partial charge on any atom is 0.219 e. The molecule has 1 fully saturated rings. The summed E-state index contributed by atoms with van der Waals surface area (Å²) in [5, 5.41) is 6.28. The highest BCUT2D eigenvalue weighted by Gasteiger charge is 2.16. The number of nitrogens with zero attached hydrogens (tertiary/aromatic N) is 2. The summed E-state index contributed by atoms with van der Waals surface area (Å²) in [6.45, 7) is 12.7. The van der Waals surface area contributed by atoms with Gasteiger partial charge >= 0.3 is 0 Å². The van der Waals surface area contributed by atoms with Gasteiger partial charge < -0.3 is 20.4 Å². The van der Waals surface area contributed by atoms with Crippen LogP contribution in [0, 0.1) is 0 Å². The van der Waals surface area contributed by atoms with Crippen molar-refractivity contribution >= 4 is 11.8 Å². The maximum absolute atomic E-state index is 12.2. The lowest BCUT2D eigenvalue weighted by atomic mass is 10.1. The Hall–Kier alpha value is -1.66. The van der Waals surface area contributed by atoms with E-state index in [2.05, 4.69) is 58.6 Å². The molecule has 0 unspecified atom stereocenters. The average Bonchev–Trinajstić information content (AvgIpc) is 3.15. The molecule has 0 spiro atoms. The third-order valence-electron chi connectivity index (χ3n) is 10.7. The minimum Gasteiger partial charge on any atom is -0.356 e. The van der Waals surface area contributed by atoms with E-state index in [0.29, 0.717) is 12.8 Å². The van der Waals surface area contributed by atoms with E-state index in [1.54, 1.807) is 0 Å². The number of carbonyl (C=O) groups excluding carboxylic acids is 2. The number of piperazine rings is 1. The SMILES string of the molecule is CCCCCCCC/C=C\CCCCCCCC(=O)NCCCN1CCN(CCCNC(=O)CCCCCCC/C=C\CCCCCCCC)CC1. The topological polar surface area (TPSA) is 64.7 Å². The van der Waals surface area contributed by atoms with Crippen LogP contribution in [0.15, 0.2) is 24.3 Å². The van der Waals surface area contributed by atoms with Crippen molar-refractivity contribution in [2.24, 2.45) is 0 Å². The van der Waals surface area contributed by atoms with E-state index in [9.17, 15) is 9.59 Å². The standard InChI is InChI=1S/C46H88N4O2/c1-3-5-7-9-11-13-15-17-19-21-23-25-27-29-31-35-45(51)47-37-33-39-49-41-43-50(44-42-49)40-34-38-48-46(52)36-32-30-28-26-24-22-20-18-16-14-12-10-8-6-4-2/h17-20H,3-16,21-44H2,1-2H3,(H,47,51)(H,48,52)/b19-17-,20-18-. The monoisotopic (exact) mass is 729 g/mol. The summed E-state index contributed by atoms with van der Waals surface area (Å²) in [5.74, 6) is 0.449. The third kappa shape index (κ3) is 34.1.